The molecule has 4 rings (SSSR count). The van der Waals surface area contributed by atoms with Crippen molar-refractivity contribution in [3.8, 4) is 0 Å². The van der Waals surface area contributed by atoms with Crippen molar-refractivity contribution in [2.75, 3.05) is 38.5 Å². The highest BCUT2D eigenvalue weighted by Gasteiger charge is 2.31. The topological polar surface area (TPSA) is 149 Å². The summed E-state index contributed by atoms with van der Waals surface area (Å²) in [4.78, 5) is 31.1. The first-order chi connectivity index (χ1) is 20.9. The van der Waals surface area contributed by atoms with E-state index in [1.54, 1.807) is 18.2 Å². The summed E-state index contributed by atoms with van der Waals surface area (Å²) in [6, 6.07) is 18.5. The van der Waals surface area contributed by atoms with Crippen molar-refractivity contribution in [1.82, 2.24) is 14.8 Å². The molecule has 4 aromatic rings. The number of anilines is 1. The highest BCUT2D eigenvalue weighted by Crippen LogP contribution is 2.29. The van der Waals surface area contributed by atoms with Crippen LogP contribution in [0, 0.1) is 0 Å². The van der Waals surface area contributed by atoms with Crippen molar-refractivity contribution in [1.29, 1.82) is 0 Å². The lowest BCUT2D eigenvalue weighted by atomic mass is 10.0. The number of nitrogens with one attached hydrogen (secondary N) is 2. The molecular weight excluding hydrogens is 571 g/mol. The molecule has 232 valence electrons. The lowest BCUT2D eigenvalue weighted by Gasteiger charge is -2.33. The number of carbonyl (C=O) groups is 2. The number of alkyl halides is 3. The maximum absolute atomic E-state index is 13.5. The Morgan fingerprint density at radius 2 is 1.55 bits per heavy atom. The number of hydrogen-bond donors (Lipinski definition) is 5. The van der Waals surface area contributed by atoms with Crippen molar-refractivity contribution in [3.05, 3.63) is 102 Å². The number of hydrogen-bond acceptors (Lipinski definition) is 6. The Morgan fingerprint density at radius 1 is 0.909 bits per heavy atom. The maximum atomic E-state index is 13.5. The number of halogens is 3. The second-order valence-electron chi connectivity index (χ2n) is 10.9. The number of nitrogens with two attached hydrogens (primary N) is 3. The van der Waals surface area contributed by atoms with Gasteiger partial charge in [0.2, 0.25) is 11.8 Å². The third-order valence-corrected chi connectivity index (χ3v) is 7.62. The van der Waals surface area contributed by atoms with Crippen molar-refractivity contribution < 1.29 is 22.8 Å². The summed E-state index contributed by atoms with van der Waals surface area (Å²) in [5, 5.41) is 6.26. The number of amides is 2. The fourth-order valence-corrected chi connectivity index (χ4v) is 5.04. The van der Waals surface area contributed by atoms with E-state index < -0.39 is 35.6 Å². The van der Waals surface area contributed by atoms with Gasteiger partial charge >= 0.3 is 6.18 Å². The molecule has 0 aliphatic heterocycles. The van der Waals surface area contributed by atoms with Gasteiger partial charge < -0.3 is 27.8 Å². The molecule has 2 amide bonds. The molecule has 9 nitrogen and oxygen atoms in total. The summed E-state index contributed by atoms with van der Waals surface area (Å²) in [5.74, 6) is -1.20. The highest BCUT2D eigenvalue weighted by molar-refractivity contribution is 5.99. The second-order valence-corrected chi connectivity index (χ2v) is 10.9. The predicted octanol–water partition coefficient (Wildman–Crippen LogP) is 3.47. The van der Waals surface area contributed by atoms with Gasteiger partial charge in [0.15, 0.2) is 0 Å². The summed E-state index contributed by atoms with van der Waals surface area (Å²) in [5.41, 5.74) is 20.2. The first kappa shape index (κ1) is 32.6. The van der Waals surface area contributed by atoms with Crippen LogP contribution in [-0.4, -0.2) is 56.1 Å². The molecule has 0 saturated heterocycles. The van der Waals surface area contributed by atoms with E-state index in [2.05, 4.69) is 15.6 Å². The molecule has 44 heavy (non-hydrogen) atoms. The minimum Gasteiger partial charge on any atom is -0.342 e. The molecule has 0 saturated carbocycles. The molecule has 3 aromatic carbocycles. The van der Waals surface area contributed by atoms with E-state index in [0.717, 1.165) is 28.7 Å². The Hall–Kier alpha value is -4.36. The van der Waals surface area contributed by atoms with Crippen LogP contribution in [0.3, 0.4) is 0 Å². The van der Waals surface area contributed by atoms with Crippen LogP contribution in [0.1, 0.15) is 22.7 Å². The quantitative estimate of drug-likeness (QED) is 0.156. The van der Waals surface area contributed by atoms with Crippen molar-refractivity contribution >= 4 is 34.1 Å². The van der Waals surface area contributed by atoms with E-state index in [9.17, 15) is 22.8 Å². The van der Waals surface area contributed by atoms with Crippen LogP contribution in [0.5, 0.6) is 0 Å². The molecule has 2 atom stereocenters. The Kier molecular flexibility index (Phi) is 10.3. The van der Waals surface area contributed by atoms with Crippen LogP contribution in [0.15, 0.2) is 85.1 Å². The van der Waals surface area contributed by atoms with Gasteiger partial charge in [0, 0.05) is 24.9 Å². The van der Waals surface area contributed by atoms with Crippen LogP contribution in [0.25, 0.3) is 10.9 Å². The molecule has 0 unspecified atom stereocenters. The molecule has 0 radical (unpaired) electrons. The van der Waals surface area contributed by atoms with Gasteiger partial charge in [-0.05, 0) is 47.5 Å². The van der Waals surface area contributed by atoms with Gasteiger partial charge in [-0.25, -0.2) is 0 Å². The highest BCUT2D eigenvalue weighted by atomic mass is 19.4. The van der Waals surface area contributed by atoms with E-state index >= 15 is 0 Å². The Balaban J connectivity index is 1.54. The third-order valence-electron chi connectivity index (χ3n) is 7.62. The molecule has 12 heteroatoms. The summed E-state index contributed by atoms with van der Waals surface area (Å²) in [7, 11) is 2.02. The number of nitrogens with zero attached hydrogens (tertiary/aromatic N) is 2. The van der Waals surface area contributed by atoms with Gasteiger partial charge in [-0.1, -0.05) is 42.5 Å². The monoisotopic (exact) mass is 608 g/mol. The predicted molar refractivity (Wildman–Crippen MR) is 166 cm³/mol. The molecule has 0 spiro atoms. The number of quaternary nitrogens is 1. The first-order valence-corrected chi connectivity index (χ1v) is 14.2. The van der Waals surface area contributed by atoms with Gasteiger partial charge in [-0.2, -0.15) is 13.2 Å². The van der Waals surface area contributed by atoms with E-state index in [0.29, 0.717) is 47.5 Å². The average Bonchev–Trinajstić information content (AvgIpc) is 3.00. The molecular formula is C32H37F3N7O2+. The van der Waals surface area contributed by atoms with Gasteiger partial charge in [0.25, 0.3) is 0 Å². The van der Waals surface area contributed by atoms with Crippen LogP contribution in [0.2, 0.25) is 0 Å². The number of aromatic nitrogens is 1. The molecule has 1 aromatic heterocycles. The number of pyridine rings is 1. The zero-order valence-electron chi connectivity index (χ0n) is 24.4. The van der Waals surface area contributed by atoms with Crippen LogP contribution < -0.4 is 32.3 Å². The number of likely N-dealkylation sites (N-methyl/N-ethyl adjacent to an activating group) is 1. The standard InChI is InChI=1S/C32H36F3N7O2/c1-42(16-14-36,17-15-37)26-12-8-22(9-13-26)29(38)31(44)41-28(18-21-6-10-24(11-7-21)32(33,34)35)30(43)40-25-19-23-4-2-3-5-27(23)39-20-25/h2-13,19-20,28-29H,14-18,36-38H2,1H3,(H-,40,41,43,44)/p+1/t28-,29-/m0/s1. The van der Waals surface area contributed by atoms with E-state index in [4.69, 9.17) is 17.2 Å². The van der Waals surface area contributed by atoms with Crippen LogP contribution in [-0.2, 0) is 22.2 Å². The second kappa shape index (κ2) is 14.0. The van der Waals surface area contributed by atoms with Crippen molar-refractivity contribution in [2.24, 2.45) is 17.2 Å². The van der Waals surface area contributed by atoms with E-state index in [1.807, 2.05) is 43.4 Å². The van der Waals surface area contributed by atoms with Gasteiger partial charge in [-0.15, -0.1) is 0 Å². The normalized spacial score (nSPS) is 13.3. The van der Waals surface area contributed by atoms with E-state index in [-0.39, 0.29) is 6.42 Å². The number of fused-ring (bicyclic) bond motifs is 1. The fourth-order valence-electron chi connectivity index (χ4n) is 5.04. The molecule has 0 aliphatic rings. The third kappa shape index (κ3) is 7.97. The van der Waals surface area contributed by atoms with Gasteiger partial charge in [0.05, 0.1) is 43.1 Å². The Bertz CT molecular complexity index is 1570. The lowest BCUT2D eigenvalue weighted by molar-refractivity contribution is -0.137. The summed E-state index contributed by atoms with van der Waals surface area (Å²) in [6.45, 7) is 2.29. The average molecular weight is 609 g/mol. The smallest absolute Gasteiger partial charge is 0.342 e. The van der Waals surface area contributed by atoms with Crippen molar-refractivity contribution in [2.45, 2.75) is 24.7 Å². The Labute approximate surface area is 253 Å². The number of carbonyl (C=O) groups excluding carboxylic acids is 2. The largest absolute Gasteiger partial charge is 0.416 e. The van der Waals surface area contributed by atoms with Gasteiger partial charge in [0.1, 0.15) is 17.8 Å². The summed E-state index contributed by atoms with van der Waals surface area (Å²) < 4.78 is 39.8. The SMILES string of the molecule is C[N+](CCN)(CCN)c1ccc([C@H](N)C(=O)N[C@@H](Cc2ccc(C(F)(F)F)cc2)C(=O)Nc2cnc3ccccc3c2)cc1. The molecule has 1 heterocycles. The maximum Gasteiger partial charge on any atom is 0.416 e. The zero-order valence-corrected chi connectivity index (χ0v) is 24.4. The number of rotatable bonds is 12. The van der Waals surface area contributed by atoms with Crippen molar-refractivity contribution in [3.63, 3.8) is 0 Å². The van der Waals surface area contributed by atoms with Crippen LogP contribution in [0.4, 0.5) is 24.5 Å². The molecule has 0 aliphatic carbocycles. The molecule has 0 bridgehead atoms. The fraction of sp³-hybridized carbons (Fsp3) is 0.281. The lowest BCUT2D eigenvalue weighted by Crippen LogP contribution is -2.51. The molecule has 8 N–H and O–H groups in total. The minimum absolute atomic E-state index is 0.0730. The zero-order chi connectivity index (χ0) is 31.9. The Morgan fingerprint density at radius 3 is 2.16 bits per heavy atom. The number of benzene rings is 3. The summed E-state index contributed by atoms with van der Waals surface area (Å²) >= 11 is 0. The molecule has 0 fully saturated rings. The minimum atomic E-state index is -4.50. The summed E-state index contributed by atoms with van der Waals surface area (Å²) in [6.07, 6.45) is -3.08. The van der Waals surface area contributed by atoms with Gasteiger partial charge in [-0.3, -0.25) is 19.1 Å². The van der Waals surface area contributed by atoms with Crippen LogP contribution >= 0.6 is 0 Å². The first-order valence-electron chi connectivity index (χ1n) is 14.2. The van der Waals surface area contributed by atoms with E-state index in [1.165, 1.54) is 18.3 Å². The number of para-hydroxylation sites is 1.